The summed E-state index contributed by atoms with van der Waals surface area (Å²) in [6.07, 6.45) is 5.02. The van der Waals surface area contributed by atoms with Crippen molar-refractivity contribution < 1.29 is 19.4 Å². The molecule has 1 aliphatic heterocycles. The van der Waals surface area contributed by atoms with Crippen LogP contribution >= 0.6 is 11.3 Å². The van der Waals surface area contributed by atoms with Gasteiger partial charge in [-0.3, -0.25) is 9.69 Å². The highest BCUT2D eigenvalue weighted by atomic mass is 32.1. The summed E-state index contributed by atoms with van der Waals surface area (Å²) >= 11 is 1.66. The van der Waals surface area contributed by atoms with Gasteiger partial charge >= 0.3 is 5.97 Å². The quantitative estimate of drug-likeness (QED) is 0.756. The van der Waals surface area contributed by atoms with E-state index in [2.05, 4.69) is 22.3 Å². The molecular weight excluding hydrogens is 388 g/mol. The van der Waals surface area contributed by atoms with Gasteiger partial charge in [0.05, 0.1) is 0 Å². The average molecular weight is 415 g/mol. The van der Waals surface area contributed by atoms with E-state index in [0.29, 0.717) is 18.8 Å². The lowest BCUT2D eigenvalue weighted by molar-refractivity contribution is -0.140. The highest BCUT2D eigenvalue weighted by Crippen LogP contribution is 2.38. The monoisotopic (exact) mass is 414 g/mol. The van der Waals surface area contributed by atoms with Gasteiger partial charge in [0.25, 0.3) is 0 Å². The molecular formula is C22H26N2O4S. The van der Waals surface area contributed by atoms with Crippen LogP contribution in [0.3, 0.4) is 0 Å². The van der Waals surface area contributed by atoms with Crippen LogP contribution in [-0.2, 0) is 16.1 Å². The van der Waals surface area contributed by atoms with Gasteiger partial charge in [-0.25, -0.2) is 4.79 Å². The molecule has 1 aromatic heterocycles. The van der Waals surface area contributed by atoms with Crippen molar-refractivity contribution in [2.45, 2.75) is 44.2 Å². The van der Waals surface area contributed by atoms with Gasteiger partial charge in [0.2, 0.25) is 5.91 Å². The number of nitrogens with one attached hydrogen (secondary N) is 1. The molecule has 2 N–H and O–H groups in total. The minimum atomic E-state index is -1.00. The molecule has 4 rings (SSSR count). The van der Waals surface area contributed by atoms with Gasteiger partial charge in [-0.1, -0.05) is 25.3 Å². The van der Waals surface area contributed by atoms with Gasteiger partial charge in [-0.2, -0.15) is 0 Å². The number of carbonyl (C=O) groups is 2. The number of carboxylic acid groups (broad SMARTS) is 1. The number of piperazine rings is 1. The lowest BCUT2D eigenvalue weighted by Gasteiger charge is -2.48. The van der Waals surface area contributed by atoms with Crippen molar-refractivity contribution in [3.63, 3.8) is 0 Å². The number of rotatable bonds is 6. The minimum absolute atomic E-state index is 0.130. The largest absolute Gasteiger partial charge is 0.482 e. The number of carboxylic acids is 1. The van der Waals surface area contributed by atoms with E-state index in [0.717, 1.165) is 48.2 Å². The maximum Gasteiger partial charge on any atom is 0.341 e. The number of benzene rings is 1. The molecule has 1 saturated heterocycles. The third kappa shape index (κ3) is 4.16. The molecule has 1 aromatic carbocycles. The second-order valence-electron chi connectivity index (χ2n) is 7.75. The molecule has 2 aromatic rings. The Kier molecular flexibility index (Phi) is 5.87. The van der Waals surface area contributed by atoms with Crippen LogP contribution in [0, 0.1) is 0 Å². The fraction of sp³-hybridized carbons (Fsp3) is 0.455. The highest BCUT2D eigenvalue weighted by molar-refractivity contribution is 7.13. The van der Waals surface area contributed by atoms with Crippen LogP contribution in [0.1, 0.15) is 37.7 Å². The number of hydrogen-bond donors (Lipinski definition) is 2. The summed E-state index contributed by atoms with van der Waals surface area (Å²) in [6.45, 7) is 1.61. The predicted molar refractivity (Wildman–Crippen MR) is 112 cm³/mol. The molecule has 2 fully saturated rings. The van der Waals surface area contributed by atoms with Crippen LogP contribution in [0.5, 0.6) is 5.75 Å². The summed E-state index contributed by atoms with van der Waals surface area (Å²) in [5, 5.41) is 14.1. The Balaban J connectivity index is 1.66. The molecule has 1 amide bonds. The van der Waals surface area contributed by atoms with E-state index in [9.17, 15) is 9.59 Å². The summed E-state index contributed by atoms with van der Waals surface area (Å²) in [5.41, 5.74) is 1.55. The standard InChI is InChI=1S/C22H26N2O4S/c25-20(26)15-28-18-7-6-16(19-5-4-12-29-19)13-17(18)14-24-11-10-23-21(27)22(24)8-2-1-3-9-22/h4-7,12-13H,1-3,8-11,14-15H2,(H,23,27)(H,25,26). The maximum absolute atomic E-state index is 12.9. The van der Waals surface area contributed by atoms with Gasteiger partial charge in [-0.05, 0) is 48.1 Å². The zero-order valence-corrected chi connectivity index (χ0v) is 17.2. The number of aliphatic carboxylic acids is 1. The van der Waals surface area contributed by atoms with Crippen LogP contribution in [0.15, 0.2) is 35.7 Å². The van der Waals surface area contributed by atoms with Crippen molar-refractivity contribution in [3.8, 4) is 16.2 Å². The van der Waals surface area contributed by atoms with Gasteiger partial charge in [0.15, 0.2) is 6.61 Å². The van der Waals surface area contributed by atoms with Gasteiger partial charge in [0.1, 0.15) is 11.3 Å². The zero-order chi connectivity index (χ0) is 20.3. The summed E-state index contributed by atoms with van der Waals surface area (Å²) < 4.78 is 5.59. The number of ether oxygens (including phenoxy) is 1. The first kappa shape index (κ1) is 19.9. The third-order valence-electron chi connectivity index (χ3n) is 5.95. The maximum atomic E-state index is 12.9. The molecule has 7 heteroatoms. The molecule has 6 nitrogen and oxygen atoms in total. The van der Waals surface area contributed by atoms with E-state index in [1.807, 2.05) is 23.6 Å². The number of nitrogens with zero attached hydrogens (tertiary/aromatic N) is 1. The average Bonchev–Trinajstić information content (AvgIpc) is 3.26. The molecule has 0 bridgehead atoms. The molecule has 1 spiro atoms. The van der Waals surface area contributed by atoms with Crippen molar-refractivity contribution in [2.24, 2.45) is 0 Å². The van der Waals surface area contributed by atoms with Gasteiger partial charge < -0.3 is 15.2 Å². The summed E-state index contributed by atoms with van der Waals surface area (Å²) in [6, 6.07) is 9.97. The second kappa shape index (κ2) is 8.55. The molecule has 0 unspecified atom stereocenters. The Bertz CT molecular complexity index is 875. The number of thiophene rings is 1. The number of carbonyl (C=O) groups excluding carboxylic acids is 1. The van der Waals surface area contributed by atoms with Crippen molar-refractivity contribution in [1.82, 2.24) is 10.2 Å². The van der Waals surface area contributed by atoms with Crippen molar-refractivity contribution >= 4 is 23.2 Å². The molecule has 2 heterocycles. The van der Waals surface area contributed by atoms with Crippen LogP contribution in [0.25, 0.3) is 10.4 Å². The van der Waals surface area contributed by atoms with E-state index in [-0.39, 0.29) is 12.5 Å². The predicted octanol–water partition coefficient (Wildman–Crippen LogP) is 3.51. The molecule has 1 aliphatic carbocycles. The van der Waals surface area contributed by atoms with Gasteiger partial charge in [0, 0.05) is 30.1 Å². The smallest absolute Gasteiger partial charge is 0.341 e. The van der Waals surface area contributed by atoms with Crippen LogP contribution in [-0.4, -0.2) is 47.1 Å². The van der Waals surface area contributed by atoms with E-state index in [4.69, 9.17) is 9.84 Å². The van der Waals surface area contributed by atoms with Crippen LogP contribution < -0.4 is 10.1 Å². The first-order valence-electron chi connectivity index (χ1n) is 10.1. The van der Waals surface area contributed by atoms with E-state index < -0.39 is 11.5 Å². The number of amides is 1. The Labute approximate surface area is 174 Å². The third-order valence-corrected chi connectivity index (χ3v) is 6.87. The zero-order valence-electron chi connectivity index (χ0n) is 16.4. The van der Waals surface area contributed by atoms with Crippen molar-refractivity contribution in [2.75, 3.05) is 19.7 Å². The lowest BCUT2D eigenvalue weighted by Crippen LogP contribution is -2.65. The highest BCUT2D eigenvalue weighted by Gasteiger charge is 2.46. The number of hydrogen-bond acceptors (Lipinski definition) is 5. The molecule has 2 aliphatic rings. The molecule has 0 atom stereocenters. The fourth-order valence-corrected chi connectivity index (χ4v) is 5.25. The Morgan fingerprint density at radius 1 is 1.24 bits per heavy atom. The topological polar surface area (TPSA) is 78.9 Å². The van der Waals surface area contributed by atoms with E-state index in [1.54, 1.807) is 11.3 Å². The van der Waals surface area contributed by atoms with Gasteiger partial charge in [-0.15, -0.1) is 11.3 Å². The Hall–Kier alpha value is -2.38. The van der Waals surface area contributed by atoms with Crippen molar-refractivity contribution in [3.05, 3.63) is 41.3 Å². The Morgan fingerprint density at radius 2 is 2.07 bits per heavy atom. The minimum Gasteiger partial charge on any atom is -0.482 e. The SMILES string of the molecule is O=C(O)COc1ccc(-c2cccs2)cc1CN1CCNC(=O)C12CCCCC2. The first-order chi connectivity index (χ1) is 14.1. The lowest BCUT2D eigenvalue weighted by atomic mass is 9.78. The Morgan fingerprint density at radius 3 is 2.79 bits per heavy atom. The molecule has 29 heavy (non-hydrogen) atoms. The van der Waals surface area contributed by atoms with E-state index in [1.165, 1.54) is 6.42 Å². The summed E-state index contributed by atoms with van der Waals surface area (Å²) in [7, 11) is 0. The fourth-order valence-electron chi connectivity index (χ4n) is 4.52. The van der Waals surface area contributed by atoms with E-state index >= 15 is 0 Å². The first-order valence-corrected chi connectivity index (χ1v) is 11.0. The second-order valence-corrected chi connectivity index (χ2v) is 8.70. The normalized spacial score (nSPS) is 19.1. The summed E-state index contributed by atoms with van der Waals surface area (Å²) in [5.74, 6) is -0.296. The van der Waals surface area contributed by atoms with Crippen molar-refractivity contribution in [1.29, 1.82) is 0 Å². The van der Waals surface area contributed by atoms with Crippen LogP contribution in [0.4, 0.5) is 0 Å². The molecule has 1 saturated carbocycles. The summed E-state index contributed by atoms with van der Waals surface area (Å²) in [4.78, 5) is 27.3. The van der Waals surface area contributed by atoms with Crippen LogP contribution in [0.2, 0.25) is 0 Å². The molecule has 0 radical (unpaired) electrons. The molecule has 154 valence electrons.